The Kier molecular flexibility index (Phi) is 1.32. The van der Waals surface area contributed by atoms with Crippen LogP contribution in [0.15, 0.2) is 4.40 Å². The van der Waals surface area contributed by atoms with Gasteiger partial charge in [0.25, 0.3) is 10.0 Å². The van der Waals surface area contributed by atoms with Crippen LogP contribution in [0.2, 0.25) is 0 Å². The van der Waals surface area contributed by atoms with Gasteiger partial charge in [0.05, 0.1) is 5.04 Å². The van der Waals surface area contributed by atoms with Crippen molar-refractivity contribution >= 4 is 26.8 Å². The van der Waals surface area contributed by atoms with Crippen LogP contribution in [-0.2, 0) is 10.0 Å². The molecule has 5 heteroatoms. The summed E-state index contributed by atoms with van der Waals surface area (Å²) in [4.78, 5) is 0. The summed E-state index contributed by atoms with van der Waals surface area (Å²) >= 11 is 1.27. The van der Waals surface area contributed by atoms with E-state index in [4.69, 9.17) is 0 Å². The highest BCUT2D eigenvalue weighted by molar-refractivity contribution is 8.24. The topological polar surface area (TPSA) is 46.5 Å². The average molecular weight is 151 g/mol. The summed E-state index contributed by atoms with van der Waals surface area (Å²) in [5, 5.41) is 0.767. The van der Waals surface area contributed by atoms with Crippen molar-refractivity contribution in [2.45, 2.75) is 6.92 Å². The SMILES string of the molecule is CC1=NS(=O)(=O)CS1. The van der Waals surface area contributed by atoms with Crippen LogP contribution in [0.4, 0.5) is 0 Å². The van der Waals surface area contributed by atoms with Gasteiger partial charge >= 0.3 is 0 Å². The monoisotopic (exact) mass is 151 g/mol. The molecule has 0 amide bonds. The number of rotatable bonds is 0. The van der Waals surface area contributed by atoms with Gasteiger partial charge < -0.3 is 0 Å². The van der Waals surface area contributed by atoms with Crippen LogP contribution in [0.25, 0.3) is 0 Å². The molecular weight excluding hydrogens is 146 g/mol. The Hall–Kier alpha value is -0.0300. The summed E-state index contributed by atoms with van der Waals surface area (Å²) in [7, 11) is -3.04. The lowest BCUT2D eigenvalue weighted by Gasteiger charge is -1.77. The Bertz CT molecular complexity index is 215. The maximum absolute atomic E-state index is 10.4. The molecule has 8 heavy (non-hydrogen) atoms. The van der Waals surface area contributed by atoms with E-state index in [1.807, 2.05) is 0 Å². The first-order valence-electron chi connectivity index (χ1n) is 2.02. The van der Waals surface area contributed by atoms with Gasteiger partial charge in [0.15, 0.2) is 0 Å². The zero-order valence-electron chi connectivity index (χ0n) is 4.29. The number of thioether (sulfide) groups is 1. The fourth-order valence-electron chi connectivity index (χ4n) is 0.408. The molecule has 0 bridgehead atoms. The molecule has 0 saturated carbocycles. The maximum Gasteiger partial charge on any atom is 0.263 e. The van der Waals surface area contributed by atoms with Crippen molar-refractivity contribution in [2.24, 2.45) is 4.40 Å². The van der Waals surface area contributed by atoms with E-state index in [-0.39, 0.29) is 5.08 Å². The van der Waals surface area contributed by atoms with Crippen LogP contribution in [0.5, 0.6) is 0 Å². The van der Waals surface area contributed by atoms with E-state index >= 15 is 0 Å². The Morgan fingerprint density at radius 1 is 1.75 bits per heavy atom. The summed E-state index contributed by atoms with van der Waals surface area (Å²) < 4.78 is 24.2. The van der Waals surface area contributed by atoms with Crippen molar-refractivity contribution in [1.29, 1.82) is 0 Å². The van der Waals surface area contributed by atoms with Gasteiger partial charge in [-0.05, 0) is 6.92 Å². The van der Waals surface area contributed by atoms with Gasteiger partial charge in [-0.3, -0.25) is 0 Å². The third kappa shape index (κ3) is 1.23. The van der Waals surface area contributed by atoms with Gasteiger partial charge in [-0.15, -0.1) is 0 Å². The van der Waals surface area contributed by atoms with E-state index in [1.165, 1.54) is 11.8 Å². The van der Waals surface area contributed by atoms with Crippen LogP contribution in [0, 0.1) is 0 Å². The van der Waals surface area contributed by atoms with Gasteiger partial charge in [-0.25, -0.2) is 8.42 Å². The number of sulfonamides is 1. The first-order valence-corrected chi connectivity index (χ1v) is 4.62. The third-order valence-electron chi connectivity index (χ3n) is 0.684. The van der Waals surface area contributed by atoms with Crippen LogP contribution < -0.4 is 0 Å². The summed E-state index contributed by atoms with van der Waals surface area (Å²) in [6.07, 6.45) is 0. The highest BCUT2D eigenvalue weighted by Crippen LogP contribution is 2.17. The molecule has 0 fully saturated rings. The van der Waals surface area contributed by atoms with E-state index in [9.17, 15) is 8.42 Å². The predicted octanol–water partition coefficient (Wildman–Crippen LogP) is 0.439. The maximum atomic E-state index is 10.4. The minimum absolute atomic E-state index is 0.124. The Balaban J connectivity index is 3.00. The average Bonchev–Trinajstić information content (AvgIpc) is 1.82. The number of nitrogens with zero attached hydrogens (tertiary/aromatic N) is 1. The number of hydrogen-bond acceptors (Lipinski definition) is 3. The third-order valence-corrected chi connectivity index (χ3v) is 3.52. The molecule has 1 aliphatic heterocycles. The lowest BCUT2D eigenvalue weighted by molar-refractivity contribution is 0.603. The van der Waals surface area contributed by atoms with Gasteiger partial charge in [0.2, 0.25) is 0 Å². The standard InChI is InChI=1S/C3H5NO2S2/c1-3-4-8(5,6)2-7-3/h2H2,1H3. The van der Waals surface area contributed by atoms with E-state index in [0.29, 0.717) is 5.04 Å². The lowest BCUT2D eigenvalue weighted by Crippen LogP contribution is -1.89. The molecule has 0 saturated heterocycles. The van der Waals surface area contributed by atoms with Crippen molar-refractivity contribution in [3.05, 3.63) is 0 Å². The molecule has 0 atom stereocenters. The van der Waals surface area contributed by atoms with E-state index < -0.39 is 10.0 Å². The minimum Gasteiger partial charge on any atom is -0.204 e. The molecule has 0 N–H and O–H groups in total. The molecule has 3 nitrogen and oxygen atoms in total. The van der Waals surface area contributed by atoms with Gasteiger partial charge in [-0.1, -0.05) is 11.8 Å². The van der Waals surface area contributed by atoms with Gasteiger partial charge in [-0.2, -0.15) is 4.40 Å². The van der Waals surface area contributed by atoms with Crippen LogP contribution >= 0.6 is 11.8 Å². The van der Waals surface area contributed by atoms with E-state index in [1.54, 1.807) is 6.92 Å². The fraction of sp³-hybridized carbons (Fsp3) is 0.667. The molecular formula is C3H5NO2S2. The summed E-state index contributed by atoms with van der Waals surface area (Å²) in [5.41, 5.74) is 0. The molecule has 0 spiro atoms. The summed E-state index contributed by atoms with van der Waals surface area (Å²) in [6.45, 7) is 1.69. The first kappa shape index (κ1) is 6.10. The Morgan fingerprint density at radius 2 is 2.38 bits per heavy atom. The molecule has 0 aromatic carbocycles. The van der Waals surface area contributed by atoms with E-state index in [2.05, 4.69) is 4.40 Å². The Labute approximate surface area is 52.2 Å². The molecule has 0 aliphatic carbocycles. The number of hydrogen-bond donors (Lipinski definition) is 0. The quantitative estimate of drug-likeness (QED) is 0.504. The van der Waals surface area contributed by atoms with Crippen molar-refractivity contribution < 1.29 is 8.42 Å². The van der Waals surface area contributed by atoms with Gasteiger partial charge in [0, 0.05) is 0 Å². The zero-order chi connectivity index (χ0) is 6.20. The minimum atomic E-state index is -3.04. The predicted molar refractivity (Wildman–Crippen MR) is 34.5 cm³/mol. The highest BCUT2D eigenvalue weighted by atomic mass is 32.3. The zero-order valence-corrected chi connectivity index (χ0v) is 5.92. The smallest absolute Gasteiger partial charge is 0.204 e. The molecule has 1 rings (SSSR count). The van der Waals surface area contributed by atoms with E-state index in [0.717, 1.165) is 0 Å². The van der Waals surface area contributed by atoms with Crippen LogP contribution in [0.3, 0.4) is 0 Å². The Morgan fingerprint density at radius 3 is 2.50 bits per heavy atom. The lowest BCUT2D eigenvalue weighted by atomic mass is 10.9. The molecule has 0 unspecified atom stereocenters. The fourth-order valence-corrected chi connectivity index (χ4v) is 2.84. The van der Waals surface area contributed by atoms with Gasteiger partial charge in [0.1, 0.15) is 5.08 Å². The molecule has 0 aromatic heterocycles. The molecule has 1 aliphatic rings. The van der Waals surface area contributed by atoms with Crippen LogP contribution in [-0.4, -0.2) is 18.5 Å². The van der Waals surface area contributed by atoms with Crippen molar-refractivity contribution in [1.82, 2.24) is 0 Å². The molecule has 1 heterocycles. The molecule has 0 aromatic rings. The molecule has 46 valence electrons. The summed E-state index contributed by atoms with van der Waals surface area (Å²) in [6, 6.07) is 0. The normalized spacial score (nSPS) is 25.4. The largest absolute Gasteiger partial charge is 0.263 e. The molecule has 0 radical (unpaired) electrons. The van der Waals surface area contributed by atoms with Crippen molar-refractivity contribution in [3.8, 4) is 0 Å². The highest BCUT2D eigenvalue weighted by Gasteiger charge is 2.16. The van der Waals surface area contributed by atoms with Crippen molar-refractivity contribution in [2.75, 3.05) is 5.08 Å². The first-order chi connectivity index (χ1) is 3.60. The second kappa shape index (κ2) is 1.73. The van der Waals surface area contributed by atoms with Crippen molar-refractivity contribution in [3.63, 3.8) is 0 Å². The second-order valence-corrected chi connectivity index (χ2v) is 4.62. The summed E-state index contributed by atoms with van der Waals surface area (Å²) in [5.74, 6) is 0. The van der Waals surface area contributed by atoms with Crippen LogP contribution in [0.1, 0.15) is 6.92 Å². The second-order valence-electron chi connectivity index (χ2n) is 1.45.